The molecule has 4 nitrogen and oxygen atoms in total. The lowest BCUT2D eigenvalue weighted by atomic mass is 9.49. The number of hydrogen-bond acceptors (Lipinski definition) is 4. The Hall–Kier alpha value is -1.67. The molecule has 0 radical (unpaired) electrons. The fourth-order valence-electron chi connectivity index (χ4n) is 5.53. The molecule has 1 amide bonds. The van der Waals surface area contributed by atoms with E-state index < -0.39 is 0 Å². The van der Waals surface area contributed by atoms with E-state index in [1.807, 2.05) is 18.2 Å². The van der Waals surface area contributed by atoms with Crippen LogP contribution in [-0.2, 0) is 4.79 Å². The van der Waals surface area contributed by atoms with E-state index in [1.54, 1.807) is 7.11 Å². The summed E-state index contributed by atoms with van der Waals surface area (Å²) in [6.45, 7) is 0. The zero-order valence-corrected chi connectivity index (χ0v) is 14.7. The number of carbonyl (C=O) groups is 1. The van der Waals surface area contributed by atoms with Crippen LogP contribution in [0.25, 0.3) is 0 Å². The van der Waals surface area contributed by atoms with E-state index in [4.69, 9.17) is 10.00 Å². The Morgan fingerprint density at radius 2 is 1.88 bits per heavy atom. The molecule has 0 spiro atoms. The smallest absolute Gasteiger partial charge is 0.230 e. The Morgan fingerprint density at radius 1 is 1.25 bits per heavy atom. The van der Waals surface area contributed by atoms with E-state index in [9.17, 15) is 4.79 Å². The van der Waals surface area contributed by atoms with Crippen LogP contribution in [0, 0.1) is 33.8 Å². The lowest BCUT2D eigenvalue weighted by molar-refractivity contribution is -0.140. The molecule has 24 heavy (non-hydrogen) atoms. The molecule has 5 heteroatoms. The summed E-state index contributed by atoms with van der Waals surface area (Å²) in [5.74, 6) is 3.03. The van der Waals surface area contributed by atoms with Gasteiger partial charge in [0, 0.05) is 4.90 Å². The van der Waals surface area contributed by atoms with Gasteiger partial charge in [0.2, 0.25) is 5.91 Å². The number of ether oxygens (including phenoxy) is 1. The van der Waals surface area contributed by atoms with Crippen molar-refractivity contribution >= 4 is 23.4 Å². The van der Waals surface area contributed by atoms with Gasteiger partial charge in [-0.15, -0.1) is 0 Å². The van der Waals surface area contributed by atoms with Crippen molar-refractivity contribution < 1.29 is 9.53 Å². The number of carbonyl (C=O) groups excluding carboxylic acids is 1. The number of hydrogen-bond donors (Lipinski definition) is 1. The molecule has 5 rings (SSSR count). The van der Waals surface area contributed by atoms with Crippen LogP contribution in [0.1, 0.15) is 38.5 Å². The summed E-state index contributed by atoms with van der Waals surface area (Å²) in [4.78, 5) is 13.9. The summed E-state index contributed by atoms with van der Waals surface area (Å²) in [7, 11) is 1.59. The fourth-order valence-corrected chi connectivity index (χ4v) is 5.94. The number of nitriles is 1. The van der Waals surface area contributed by atoms with Gasteiger partial charge in [-0.25, -0.2) is 0 Å². The topological polar surface area (TPSA) is 62.1 Å². The first-order valence-corrected chi connectivity index (χ1v) is 9.49. The number of benzene rings is 1. The van der Waals surface area contributed by atoms with Gasteiger partial charge in [-0.3, -0.25) is 4.79 Å². The van der Waals surface area contributed by atoms with Crippen molar-refractivity contribution in [2.24, 2.45) is 23.2 Å². The second-order valence-electron chi connectivity index (χ2n) is 7.71. The fraction of sp³-hybridized carbons (Fsp3) is 0.579. The van der Waals surface area contributed by atoms with Gasteiger partial charge in [-0.05, 0) is 86.2 Å². The molecule has 4 fully saturated rings. The standard InChI is InChI=1S/C19H22N2O2S/c1-23-17-7-15(24-11-20)2-3-16(17)21-18(22)19-8-12-4-13(9-19)6-14(5-12)10-19/h2-3,7,12-14H,4-6,8-10H2,1H3,(H,21,22). The van der Waals surface area contributed by atoms with Crippen LogP contribution in [0.15, 0.2) is 23.1 Å². The highest BCUT2D eigenvalue weighted by Gasteiger charge is 2.54. The molecule has 4 saturated carbocycles. The third-order valence-corrected chi connectivity index (χ3v) is 6.69. The predicted molar refractivity (Wildman–Crippen MR) is 93.7 cm³/mol. The van der Waals surface area contributed by atoms with Crippen molar-refractivity contribution in [2.75, 3.05) is 12.4 Å². The first-order chi connectivity index (χ1) is 11.6. The zero-order chi connectivity index (χ0) is 16.7. The molecule has 0 heterocycles. The largest absolute Gasteiger partial charge is 0.495 e. The summed E-state index contributed by atoms with van der Waals surface area (Å²) >= 11 is 1.09. The van der Waals surface area contributed by atoms with Gasteiger partial charge < -0.3 is 10.1 Å². The molecule has 0 aromatic heterocycles. The lowest BCUT2D eigenvalue weighted by Crippen LogP contribution is -2.51. The van der Waals surface area contributed by atoms with Crippen LogP contribution in [0.3, 0.4) is 0 Å². The predicted octanol–water partition coefficient (Wildman–Crippen LogP) is 4.42. The summed E-state index contributed by atoms with van der Waals surface area (Å²) in [5.41, 5.74) is 0.542. The molecule has 0 atom stereocenters. The van der Waals surface area contributed by atoms with E-state index in [2.05, 4.69) is 10.7 Å². The monoisotopic (exact) mass is 342 g/mol. The molecule has 4 aliphatic rings. The number of rotatable bonds is 4. The number of thiocyanates is 1. The van der Waals surface area contributed by atoms with Crippen LogP contribution >= 0.6 is 11.8 Å². The second kappa shape index (κ2) is 6.00. The lowest BCUT2D eigenvalue weighted by Gasteiger charge is -2.55. The quantitative estimate of drug-likeness (QED) is 0.650. The van der Waals surface area contributed by atoms with Crippen molar-refractivity contribution in [1.29, 1.82) is 5.26 Å². The third-order valence-electron chi connectivity index (χ3n) is 6.10. The van der Waals surface area contributed by atoms with Gasteiger partial charge in [0.05, 0.1) is 18.2 Å². The highest BCUT2D eigenvalue weighted by Crippen LogP contribution is 2.60. The van der Waals surface area contributed by atoms with Crippen LogP contribution in [0.4, 0.5) is 5.69 Å². The summed E-state index contributed by atoms with van der Waals surface area (Å²) < 4.78 is 5.41. The molecule has 0 unspecified atom stereocenters. The minimum Gasteiger partial charge on any atom is -0.495 e. The minimum absolute atomic E-state index is 0.167. The Bertz CT molecular complexity index is 675. The van der Waals surface area contributed by atoms with Gasteiger partial charge in [-0.1, -0.05) is 0 Å². The first-order valence-electron chi connectivity index (χ1n) is 8.67. The molecule has 0 saturated heterocycles. The summed E-state index contributed by atoms with van der Waals surface area (Å²) in [6.07, 6.45) is 7.14. The Labute approximate surface area is 146 Å². The van der Waals surface area contributed by atoms with Crippen molar-refractivity contribution in [3.8, 4) is 11.2 Å². The maximum atomic E-state index is 13.1. The number of nitrogens with zero attached hydrogens (tertiary/aromatic N) is 1. The first kappa shape index (κ1) is 15.8. The number of methoxy groups -OCH3 is 1. The number of nitrogens with one attached hydrogen (secondary N) is 1. The molecular weight excluding hydrogens is 320 g/mol. The van der Waals surface area contributed by atoms with Gasteiger partial charge in [0.15, 0.2) is 0 Å². The summed E-state index contributed by atoms with van der Waals surface area (Å²) in [5, 5.41) is 14.0. The normalized spacial score (nSPS) is 33.1. The molecule has 4 aliphatic carbocycles. The maximum Gasteiger partial charge on any atom is 0.230 e. The van der Waals surface area contributed by atoms with E-state index in [0.29, 0.717) is 11.4 Å². The van der Waals surface area contributed by atoms with Crippen molar-refractivity contribution in [3.63, 3.8) is 0 Å². The second-order valence-corrected chi connectivity index (χ2v) is 8.57. The van der Waals surface area contributed by atoms with Crippen LogP contribution < -0.4 is 10.1 Å². The van der Waals surface area contributed by atoms with Gasteiger partial charge >= 0.3 is 0 Å². The molecule has 1 N–H and O–H groups in total. The van der Waals surface area contributed by atoms with E-state index in [1.165, 1.54) is 19.3 Å². The van der Waals surface area contributed by atoms with Crippen LogP contribution in [-0.4, -0.2) is 13.0 Å². The molecule has 1 aromatic rings. The Morgan fingerprint density at radius 3 is 2.42 bits per heavy atom. The van der Waals surface area contributed by atoms with Gasteiger partial charge in [0.25, 0.3) is 0 Å². The van der Waals surface area contributed by atoms with Crippen molar-refractivity contribution in [3.05, 3.63) is 18.2 Å². The molecule has 1 aromatic carbocycles. The van der Waals surface area contributed by atoms with Crippen molar-refractivity contribution in [2.45, 2.75) is 43.4 Å². The van der Waals surface area contributed by atoms with Crippen LogP contribution in [0.2, 0.25) is 0 Å². The average molecular weight is 342 g/mol. The van der Waals surface area contributed by atoms with Gasteiger partial charge in [-0.2, -0.15) is 5.26 Å². The Balaban J connectivity index is 1.55. The molecule has 4 bridgehead atoms. The van der Waals surface area contributed by atoms with E-state index in [-0.39, 0.29) is 11.3 Å². The number of amides is 1. The molecular formula is C19H22N2O2S. The van der Waals surface area contributed by atoms with Crippen molar-refractivity contribution in [1.82, 2.24) is 0 Å². The highest BCUT2D eigenvalue weighted by molar-refractivity contribution is 8.03. The number of thioether (sulfide) groups is 1. The zero-order valence-electron chi connectivity index (χ0n) is 13.9. The molecule has 126 valence electrons. The third kappa shape index (κ3) is 2.67. The maximum absolute atomic E-state index is 13.1. The van der Waals surface area contributed by atoms with E-state index in [0.717, 1.165) is 53.7 Å². The summed E-state index contributed by atoms with van der Waals surface area (Å²) in [6, 6.07) is 5.51. The van der Waals surface area contributed by atoms with Crippen LogP contribution in [0.5, 0.6) is 5.75 Å². The average Bonchev–Trinajstić information content (AvgIpc) is 2.55. The highest BCUT2D eigenvalue weighted by atomic mass is 32.2. The SMILES string of the molecule is COc1cc(SC#N)ccc1NC(=O)C12CC3CC(CC(C3)C1)C2. The van der Waals surface area contributed by atoms with Gasteiger partial charge in [0.1, 0.15) is 11.2 Å². The number of anilines is 1. The van der Waals surface area contributed by atoms with E-state index >= 15 is 0 Å². The minimum atomic E-state index is -0.167. The Kier molecular flexibility index (Phi) is 3.96. The molecule has 0 aliphatic heterocycles.